The summed E-state index contributed by atoms with van der Waals surface area (Å²) in [5, 5.41) is 2.85. The van der Waals surface area contributed by atoms with Gasteiger partial charge in [0.1, 0.15) is 11.5 Å². The third kappa shape index (κ3) is 4.11. The summed E-state index contributed by atoms with van der Waals surface area (Å²) in [7, 11) is 3.17. The molecule has 1 aliphatic heterocycles. The quantitative estimate of drug-likeness (QED) is 0.811. The third-order valence-corrected chi connectivity index (χ3v) is 4.19. The number of nitrogens with one attached hydrogen (secondary N) is 1. The summed E-state index contributed by atoms with van der Waals surface area (Å²) < 4.78 is 10.5. The van der Waals surface area contributed by atoms with E-state index in [-0.39, 0.29) is 5.91 Å². The summed E-state index contributed by atoms with van der Waals surface area (Å²) in [5.41, 5.74) is 3.70. The lowest BCUT2D eigenvalue weighted by Crippen LogP contribution is -2.24. The van der Waals surface area contributed by atoms with Crippen LogP contribution in [0.25, 0.3) is 6.08 Å². The average molecular weight is 350 g/mol. The molecule has 3 rings (SSSR count). The van der Waals surface area contributed by atoms with Crippen LogP contribution < -0.4 is 14.8 Å². The Bertz CT molecular complexity index is 885. The highest BCUT2D eigenvalue weighted by Gasteiger charge is 2.19. The summed E-state index contributed by atoms with van der Waals surface area (Å²) >= 11 is 0. The number of rotatable bonds is 6. The predicted molar refractivity (Wildman–Crippen MR) is 103 cm³/mol. The number of amides is 1. The Balaban J connectivity index is 1.74. The first-order valence-electron chi connectivity index (χ1n) is 8.47. The van der Waals surface area contributed by atoms with Gasteiger partial charge >= 0.3 is 0 Å². The molecular formula is C21H22N2O3. The highest BCUT2D eigenvalue weighted by Crippen LogP contribution is 2.28. The molecule has 1 heterocycles. The van der Waals surface area contributed by atoms with Crippen LogP contribution in [0.5, 0.6) is 11.5 Å². The molecule has 1 N–H and O–H groups in total. The van der Waals surface area contributed by atoms with E-state index in [4.69, 9.17) is 9.47 Å². The molecule has 0 saturated carbocycles. The molecule has 5 heteroatoms. The number of methoxy groups -OCH3 is 2. The van der Waals surface area contributed by atoms with E-state index < -0.39 is 0 Å². The highest BCUT2D eigenvalue weighted by atomic mass is 16.5. The maximum Gasteiger partial charge on any atom is 0.275 e. The molecule has 0 atom stereocenters. The van der Waals surface area contributed by atoms with Crippen molar-refractivity contribution in [2.75, 3.05) is 14.2 Å². The number of carbonyl (C=O) groups excluding carboxylic acids is 1. The van der Waals surface area contributed by atoms with Gasteiger partial charge in [-0.1, -0.05) is 35.9 Å². The van der Waals surface area contributed by atoms with Crippen molar-refractivity contribution in [1.82, 2.24) is 5.32 Å². The number of hydrogen-bond acceptors (Lipinski definition) is 4. The Labute approximate surface area is 153 Å². The highest BCUT2D eigenvalue weighted by molar-refractivity contribution is 6.14. The van der Waals surface area contributed by atoms with E-state index >= 15 is 0 Å². The first-order chi connectivity index (χ1) is 12.6. The van der Waals surface area contributed by atoms with Crippen molar-refractivity contribution in [3.8, 4) is 11.5 Å². The van der Waals surface area contributed by atoms with Crippen LogP contribution in [0.1, 0.15) is 23.1 Å². The number of aliphatic imine (C=N–C) groups is 1. The Morgan fingerprint density at radius 2 is 1.85 bits per heavy atom. The monoisotopic (exact) mass is 350 g/mol. The molecule has 0 aromatic heterocycles. The standard InChI is InChI=1S/C21H22N2O3/c1-14-5-4-6-15(11-14)8-10-20-22-17(21(24)23-20)12-16-7-9-18(25-2)19(13-16)26-3/h4-7,9,11-13H,8,10H2,1-3H3,(H,22,23,24)/b17-12+. The van der Waals surface area contributed by atoms with Gasteiger partial charge in [0, 0.05) is 6.42 Å². The molecule has 0 radical (unpaired) electrons. The SMILES string of the molecule is COc1ccc(/C=C2/N=C(CCc3cccc(C)c3)NC2=O)cc1OC. The van der Waals surface area contributed by atoms with E-state index in [1.54, 1.807) is 26.4 Å². The zero-order chi connectivity index (χ0) is 18.5. The summed E-state index contributed by atoms with van der Waals surface area (Å²) in [4.78, 5) is 16.6. The van der Waals surface area contributed by atoms with Crippen molar-refractivity contribution >= 4 is 17.8 Å². The van der Waals surface area contributed by atoms with Gasteiger partial charge in [-0.15, -0.1) is 0 Å². The smallest absolute Gasteiger partial charge is 0.275 e. The summed E-state index contributed by atoms with van der Waals surface area (Å²) in [5.74, 6) is 1.78. The van der Waals surface area contributed by atoms with Gasteiger partial charge in [0.2, 0.25) is 0 Å². The largest absolute Gasteiger partial charge is 0.493 e. The van der Waals surface area contributed by atoms with Crippen LogP contribution in [-0.4, -0.2) is 26.0 Å². The number of amidine groups is 1. The van der Waals surface area contributed by atoms with Crippen molar-refractivity contribution in [3.63, 3.8) is 0 Å². The van der Waals surface area contributed by atoms with Gasteiger partial charge in [-0.05, 0) is 42.7 Å². The van der Waals surface area contributed by atoms with Crippen LogP contribution in [0, 0.1) is 6.92 Å². The van der Waals surface area contributed by atoms with Gasteiger partial charge in [-0.2, -0.15) is 0 Å². The second-order valence-corrected chi connectivity index (χ2v) is 6.15. The molecular weight excluding hydrogens is 328 g/mol. The molecule has 134 valence electrons. The van der Waals surface area contributed by atoms with E-state index in [9.17, 15) is 4.79 Å². The molecule has 26 heavy (non-hydrogen) atoms. The van der Waals surface area contributed by atoms with E-state index in [1.807, 2.05) is 18.2 Å². The fraction of sp³-hybridized carbons (Fsp3) is 0.238. The average Bonchev–Trinajstić information content (AvgIpc) is 2.99. The van der Waals surface area contributed by atoms with Crippen LogP contribution in [0.15, 0.2) is 53.2 Å². The normalized spacial score (nSPS) is 15.0. The van der Waals surface area contributed by atoms with E-state index in [1.165, 1.54) is 11.1 Å². The molecule has 2 aromatic carbocycles. The van der Waals surface area contributed by atoms with Crippen molar-refractivity contribution in [2.24, 2.45) is 4.99 Å². The van der Waals surface area contributed by atoms with E-state index in [0.29, 0.717) is 29.5 Å². The molecule has 5 nitrogen and oxygen atoms in total. The lowest BCUT2D eigenvalue weighted by atomic mass is 10.1. The second-order valence-electron chi connectivity index (χ2n) is 6.15. The van der Waals surface area contributed by atoms with Crippen LogP contribution in [0.4, 0.5) is 0 Å². The van der Waals surface area contributed by atoms with Gasteiger partial charge < -0.3 is 14.8 Å². The maximum atomic E-state index is 12.2. The Morgan fingerprint density at radius 3 is 2.58 bits per heavy atom. The molecule has 0 bridgehead atoms. The maximum absolute atomic E-state index is 12.2. The van der Waals surface area contributed by atoms with Gasteiger partial charge in [0.05, 0.1) is 14.2 Å². The first kappa shape index (κ1) is 17.7. The zero-order valence-electron chi connectivity index (χ0n) is 15.2. The number of carbonyl (C=O) groups is 1. The number of ether oxygens (including phenoxy) is 2. The minimum absolute atomic E-state index is 0.181. The van der Waals surface area contributed by atoms with Crippen LogP contribution in [0.3, 0.4) is 0 Å². The summed E-state index contributed by atoms with van der Waals surface area (Å²) in [6.07, 6.45) is 3.28. The molecule has 1 amide bonds. The van der Waals surface area contributed by atoms with Crippen LogP contribution in [-0.2, 0) is 11.2 Å². The summed E-state index contributed by atoms with van der Waals surface area (Å²) in [6, 6.07) is 13.8. The van der Waals surface area contributed by atoms with E-state index in [0.717, 1.165) is 12.0 Å². The topological polar surface area (TPSA) is 59.9 Å². The minimum atomic E-state index is -0.181. The Hall–Kier alpha value is -3.08. The first-order valence-corrected chi connectivity index (χ1v) is 8.47. The summed E-state index contributed by atoms with van der Waals surface area (Å²) in [6.45, 7) is 2.07. The number of aryl methyl sites for hydroxylation is 2. The van der Waals surface area contributed by atoms with Crippen molar-refractivity contribution in [2.45, 2.75) is 19.8 Å². The Morgan fingerprint density at radius 1 is 1.04 bits per heavy atom. The fourth-order valence-corrected chi connectivity index (χ4v) is 2.87. The third-order valence-electron chi connectivity index (χ3n) is 4.19. The molecule has 0 unspecified atom stereocenters. The minimum Gasteiger partial charge on any atom is -0.493 e. The second kappa shape index (κ2) is 7.87. The molecule has 1 aliphatic rings. The molecule has 0 aliphatic carbocycles. The molecule has 0 saturated heterocycles. The van der Waals surface area contributed by atoms with Crippen LogP contribution in [0.2, 0.25) is 0 Å². The zero-order valence-corrected chi connectivity index (χ0v) is 15.2. The number of nitrogens with zero attached hydrogens (tertiary/aromatic N) is 1. The van der Waals surface area contributed by atoms with Gasteiger partial charge in [0.25, 0.3) is 5.91 Å². The van der Waals surface area contributed by atoms with Crippen molar-refractivity contribution < 1.29 is 14.3 Å². The fourth-order valence-electron chi connectivity index (χ4n) is 2.87. The van der Waals surface area contributed by atoms with Crippen molar-refractivity contribution in [1.29, 1.82) is 0 Å². The number of benzene rings is 2. The molecule has 0 spiro atoms. The lowest BCUT2D eigenvalue weighted by molar-refractivity contribution is -0.115. The van der Waals surface area contributed by atoms with Gasteiger partial charge in [-0.25, -0.2) is 4.99 Å². The van der Waals surface area contributed by atoms with Gasteiger partial charge in [-0.3, -0.25) is 4.79 Å². The predicted octanol–water partition coefficient (Wildman–Crippen LogP) is 3.51. The van der Waals surface area contributed by atoms with E-state index in [2.05, 4.69) is 35.4 Å². The molecule has 2 aromatic rings. The van der Waals surface area contributed by atoms with Crippen LogP contribution >= 0.6 is 0 Å². The van der Waals surface area contributed by atoms with Crippen molar-refractivity contribution in [3.05, 3.63) is 64.9 Å². The number of hydrogen-bond donors (Lipinski definition) is 1. The van der Waals surface area contributed by atoms with Gasteiger partial charge in [0.15, 0.2) is 11.5 Å². The lowest BCUT2D eigenvalue weighted by Gasteiger charge is -2.07. The molecule has 0 fully saturated rings. The Kier molecular flexibility index (Phi) is 5.37.